The third-order valence-corrected chi connectivity index (χ3v) is 10.9. The maximum Gasteiger partial charge on any atom is 0.147 e. The fourth-order valence-corrected chi connectivity index (χ4v) is 9.45. The number of rotatable bonds is 1. The third-order valence-electron chi connectivity index (χ3n) is 8.89. The Hall–Kier alpha value is -0.570. The van der Waals surface area contributed by atoms with Crippen molar-refractivity contribution in [2.24, 2.45) is 28.6 Å². The van der Waals surface area contributed by atoms with Crippen molar-refractivity contribution in [3.63, 3.8) is 0 Å². The number of allylic oxidation sites excluding steroid dienone is 2. The fourth-order valence-electron chi connectivity index (χ4n) is 7.54. The monoisotopic (exact) mass is 344 g/mol. The van der Waals surface area contributed by atoms with Crippen molar-refractivity contribution < 1.29 is 9.59 Å². The van der Waals surface area contributed by atoms with Gasteiger partial charge in [0.15, 0.2) is 0 Å². The maximum absolute atomic E-state index is 12.5. The quantitative estimate of drug-likeness (QED) is 0.516. The van der Waals surface area contributed by atoms with E-state index in [0.29, 0.717) is 29.2 Å². The lowest BCUT2D eigenvalue weighted by Crippen LogP contribution is -2.53. The van der Waals surface area contributed by atoms with Crippen LogP contribution in [-0.2, 0) is 9.59 Å². The van der Waals surface area contributed by atoms with Gasteiger partial charge < -0.3 is 0 Å². The van der Waals surface area contributed by atoms with Crippen LogP contribution in [0.3, 0.4) is 0 Å². The average Bonchev–Trinajstić information content (AvgIpc) is 3.21. The van der Waals surface area contributed by atoms with E-state index in [1.807, 2.05) is 18.7 Å². The second-order valence-electron chi connectivity index (χ2n) is 9.56. The predicted octanol–water partition coefficient (Wildman–Crippen LogP) is 4.57. The van der Waals surface area contributed by atoms with Crippen molar-refractivity contribution in [1.29, 1.82) is 0 Å². The lowest BCUT2D eigenvalue weighted by atomic mass is 9.47. The van der Waals surface area contributed by atoms with E-state index in [2.05, 4.69) is 19.9 Å². The number of ketones is 2. The molecule has 0 amide bonds. The van der Waals surface area contributed by atoms with Gasteiger partial charge in [-0.2, -0.15) is 0 Å². The van der Waals surface area contributed by atoms with E-state index >= 15 is 0 Å². The molecule has 0 radical (unpaired) electrons. The maximum atomic E-state index is 12.5. The van der Waals surface area contributed by atoms with E-state index in [1.165, 1.54) is 24.8 Å². The molecule has 130 valence electrons. The normalized spacial score (nSPS) is 55.0. The van der Waals surface area contributed by atoms with Gasteiger partial charge in [-0.25, -0.2) is 0 Å². The number of Topliss-reactive ketones (excluding diaryl/α,β-unsaturated/α-hetero) is 2. The first-order valence-corrected chi connectivity index (χ1v) is 10.6. The van der Waals surface area contributed by atoms with Crippen LogP contribution in [0.5, 0.6) is 0 Å². The highest BCUT2D eigenvalue weighted by Gasteiger charge is 2.78. The van der Waals surface area contributed by atoms with Crippen LogP contribution >= 0.6 is 11.8 Å². The van der Waals surface area contributed by atoms with Gasteiger partial charge in [0.1, 0.15) is 11.6 Å². The Morgan fingerprint density at radius 1 is 1.25 bits per heavy atom. The van der Waals surface area contributed by atoms with Gasteiger partial charge in [-0.15, -0.1) is 11.8 Å². The molecule has 7 atom stereocenters. The van der Waals surface area contributed by atoms with E-state index in [0.717, 1.165) is 31.1 Å². The summed E-state index contributed by atoms with van der Waals surface area (Å²) in [6.45, 7) is 6.71. The number of carbonyl (C=O) groups excluding carboxylic acids is 2. The summed E-state index contributed by atoms with van der Waals surface area (Å²) in [4.78, 5) is 24.4. The van der Waals surface area contributed by atoms with Crippen molar-refractivity contribution >= 4 is 23.3 Å². The van der Waals surface area contributed by atoms with Gasteiger partial charge in [-0.05, 0) is 67.6 Å². The second-order valence-corrected chi connectivity index (χ2v) is 11.0. The zero-order chi connectivity index (χ0) is 16.9. The molecule has 5 rings (SSSR count). The van der Waals surface area contributed by atoms with Gasteiger partial charge in [-0.1, -0.05) is 25.5 Å². The van der Waals surface area contributed by atoms with Gasteiger partial charge in [0.05, 0.1) is 4.75 Å². The smallest absolute Gasteiger partial charge is 0.147 e. The first kappa shape index (κ1) is 15.7. The predicted molar refractivity (Wildman–Crippen MR) is 96.9 cm³/mol. The van der Waals surface area contributed by atoms with Crippen LogP contribution in [0.15, 0.2) is 11.6 Å². The molecule has 0 spiro atoms. The van der Waals surface area contributed by atoms with Crippen LogP contribution in [0.4, 0.5) is 0 Å². The van der Waals surface area contributed by atoms with Crippen molar-refractivity contribution in [3.05, 3.63) is 11.6 Å². The summed E-state index contributed by atoms with van der Waals surface area (Å²) in [7, 11) is 0. The van der Waals surface area contributed by atoms with Crippen LogP contribution < -0.4 is 0 Å². The summed E-state index contributed by atoms with van der Waals surface area (Å²) in [5.74, 6) is 3.04. The van der Waals surface area contributed by atoms with E-state index in [4.69, 9.17) is 0 Å². The molecule has 0 aromatic carbocycles. The minimum absolute atomic E-state index is 0.0456. The second kappa shape index (κ2) is 4.58. The average molecular weight is 345 g/mol. The molecule has 7 unspecified atom stereocenters. The summed E-state index contributed by atoms with van der Waals surface area (Å²) >= 11 is 1.97. The van der Waals surface area contributed by atoms with Crippen LogP contribution in [0, 0.1) is 28.6 Å². The summed E-state index contributed by atoms with van der Waals surface area (Å²) in [6, 6.07) is 0. The molecule has 0 bridgehead atoms. The van der Waals surface area contributed by atoms with E-state index in [-0.39, 0.29) is 15.6 Å². The molecule has 4 aliphatic carbocycles. The number of hydrogen-bond acceptors (Lipinski definition) is 3. The SMILES string of the molecule is CC(=O)C12SC1CC1C3CC=C4CC(=O)CCC4(C)C3CCC12C. The Morgan fingerprint density at radius 3 is 2.79 bits per heavy atom. The van der Waals surface area contributed by atoms with Gasteiger partial charge >= 0.3 is 0 Å². The molecule has 3 saturated carbocycles. The molecule has 5 aliphatic rings. The Morgan fingerprint density at radius 2 is 2.04 bits per heavy atom. The summed E-state index contributed by atoms with van der Waals surface area (Å²) in [6.07, 6.45) is 9.82. The van der Waals surface area contributed by atoms with Crippen LogP contribution in [0.2, 0.25) is 0 Å². The molecule has 1 heterocycles. The molecule has 0 N–H and O–H groups in total. The van der Waals surface area contributed by atoms with Crippen molar-refractivity contribution in [3.8, 4) is 0 Å². The largest absolute Gasteiger partial charge is 0.299 e. The number of fused-ring (bicyclic) bond motifs is 7. The summed E-state index contributed by atoms with van der Waals surface area (Å²) in [5, 5.41) is 0.592. The number of hydrogen-bond donors (Lipinski definition) is 0. The lowest BCUT2D eigenvalue weighted by molar-refractivity contribution is -0.125. The van der Waals surface area contributed by atoms with Gasteiger partial charge in [0.2, 0.25) is 0 Å². The molecule has 0 aromatic heterocycles. The van der Waals surface area contributed by atoms with Crippen molar-refractivity contribution in [1.82, 2.24) is 0 Å². The Kier molecular flexibility index (Phi) is 2.99. The molecule has 24 heavy (non-hydrogen) atoms. The van der Waals surface area contributed by atoms with Crippen molar-refractivity contribution in [2.75, 3.05) is 0 Å². The topological polar surface area (TPSA) is 34.1 Å². The molecule has 0 aromatic rings. The van der Waals surface area contributed by atoms with E-state index in [9.17, 15) is 9.59 Å². The number of carbonyl (C=O) groups is 2. The highest BCUT2D eigenvalue weighted by Crippen LogP contribution is 2.79. The highest BCUT2D eigenvalue weighted by atomic mass is 32.2. The van der Waals surface area contributed by atoms with Gasteiger partial charge in [-0.3, -0.25) is 9.59 Å². The zero-order valence-corrected chi connectivity index (χ0v) is 15.9. The molecule has 2 nitrogen and oxygen atoms in total. The Bertz CT molecular complexity index is 681. The molecule has 4 fully saturated rings. The minimum Gasteiger partial charge on any atom is -0.299 e. The third kappa shape index (κ3) is 1.61. The minimum atomic E-state index is -0.0456. The molecular weight excluding hydrogens is 316 g/mol. The standard InChI is InChI=1S/C21H28O2S/c1-12(22)21-18(24-21)11-17-15-5-4-13-10-14(23)6-8-19(13,2)16(15)7-9-20(17,21)3/h4,15-18H,5-11H2,1-3H3. The van der Waals surface area contributed by atoms with Gasteiger partial charge in [0.25, 0.3) is 0 Å². The Labute approximate surface area is 149 Å². The molecule has 1 aliphatic heterocycles. The number of thioether (sulfide) groups is 1. The first-order chi connectivity index (χ1) is 11.3. The summed E-state index contributed by atoms with van der Waals surface area (Å²) in [5.41, 5.74) is 1.91. The van der Waals surface area contributed by atoms with Crippen LogP contribution in [0.1, 0.15) is 65.7 Å². The molecule has 1 saturated heterocycles. The molecule has 3 heteroatoms. The van der Waals surface area contributed by atoms with E-state index < -0.39 is 0 Å². The highest BCUT2D eigenvalue weighted by molar-refractivity contribution is 8.09. The zero-order valence-electron chi connectivity index (χ0n) is 15.1. The lowest BCUT2D eigenvalue weighted by Gasteiger charge is -2.58. The summed E-state index contributed by atoms with van der Waals surface area (Å²) < 4.78 is -0.0456. The fraction of sp³-hybridized carbons (Fsp3) is 0.810. The van der Waals surface area contributed by atoms with E-state index in [1.54, 1.807) is 0 Å². The van der Waals surface area contributed by atoms with Crippen LogP contribution in [0.25, 0.3) is 0 Å². The Balaban J connectivity index is 1.52. The van der Waals surface area contributed by atoms with Gasteiger partial charge in [0, 0.05) is 18.1 Å². The van der Waals surface area contributed by atoms with Crippen LogP contribution in [-0.4, -0.2) is 21.6 Å². The molecular formula is C21H28O2S. The first-order valence-electron chi connectivity index (χ1n) is 9.73. The van der Waals surface area contributed by atoms with Crippen molar-refractivity contribution in [2.45, 2.75) is 75.7 Å².